The van der Waals surface area contributed by atoms with Gasteiger partial charge in [0.15, 0.2) is 0 Å². The molecule has 0 heterocycles. The van der Waals surface area contributed by atoms with Gasteiger partial charge in [-0.2, -0.15) is 0 Å². The molecule has 1 aromatic carbocycles. The second kappa shape index (κ2) is 6.35. The Balaban J connectivity index is 2.20. The number of hydrogen-bond acceptors (Lipinski definition) is 4. The van der Waals surface area contributed by atoms with Crippen molar-refractivity contribution in [2.45, 2.75) is 38.1 Å². The van der Waals surface area contributed by atoms with Crippen molar-refractivity contribution in [3.05, 3.63) is 23.8 Å². The van der Waals surface area contributed by atoms with Crippen molar-refractivity contribution in [1.29, 1.82) is 0 Å². The minimum absolute atomic E-state index is 0.0810. The Bertz CT molecular complexity index is 518. The Morgan fingerprint density at radius 1 is 1.52 bits per heavy atom. The highest BCUT2D eigenvalue weighted by molar-refractivity contribution is 5.97. The third-order valence-corrected chi connectivity index (χ3v) is 4.63. The molecule has 4 N–H and O–H groups in total. The zero-order valence-corrected chi connectivity index (χ0v) is 12.7. The fourth-order valence-electron chi connectivity index (χ4n) is 3.08. The summed E-state index contributed by atoms with van der Waals surface area (Å²) in [6, 6.07) is 4.67. The molecule has 116 valence electrons. The third kappa shape index (κ3) is 3.13. The van der Waals surface area contributed by atoms with E-state index in [0.29, 0.717) is 18.2 Å². The largest absolute Gasteiger partial charge is 0.507 e. The highest BCUT2D eigenvalue weighted by Crippen LogP contribution is 2.33. The van der Waals surface area contributed by atoms with Gasteiger partial charge in [0, 0.05) is 12.6 Å². The monoisotopic (exact) mass is 292 g/mol. The van der Waals surface area contributed by atoms with E-state index in [4.69, 9.17) is 10.5 Å². The van der Waals surface area contributed by atoms with Gasteiger partial charge in [-0.3, -0.25) is 4.79 Å². The van der Waals surface area contributed by atoms with Gasteiger partial charge in [-0.15, -0.1) is 0 Å². The normalized spacial score (nSPS) is 25.4. The number of methoxy groups -OCH3 is 1. The standard InChI is InChI=1S/C16H24N2O3/c1-11-5-3-4-8-16(11,10-17)18-15(20)13-7-6-12(21-2)9-14(13)19/h6-7,9,11,19H,3-5,8,10,17H2,1-2H3,(H,18,20). The van der Waals surface area contributed by atoms with Gasteiger partial charge in [-0.25, -0.2) is 0 Å². The Labute approximate surface area is 125 Å². The van der Waals surface area contributed by atoms with Crippen LogP contribution in [0, 0.1) is 5.92 Å². The molecule has 1 saturated carbocycles. The molecule has 1 aliphatic rings. The summed E-state index contributed by atoms with van der Waals surface area (Å²) in [6.07, 6.45) is 4.18. The van der Waals surface area contributed by atoms with Gasteiger partial charge < -0.3 is 20.9 Å². The van der Waals surface area contributed by atoms with E-state index in [0.717, 1.165) is 19.3 Å². The van der Waals surface area contributed by atoms with E-state index in [1.165, 1.54) is 19.6 Å². The molecule has 0 spiro atoms. The number of aromatic hydroxyl groups is 1. The van der Waals surface area contributed by atoms with Gasteiger partial charge in [0.05, 0.1) is 18.2 Å². The van der Waals surface area contributed by atoms with E-state index >= 15 is 0 Å². The molecule has 1 fully saturated rings. The summed E-state index contributed by atoms with van der Waals surface area (Å²) in [4.78, 5) is 12.5. The molecule has 0 aromatic heterocycles. The quantitative estimate of drug-likeness (QED) is 0.793. The van der Waals surface area contributed by atoms with Gasteiger partial charge in [0.25, 0.3) is 5.91 Å². The second-order valence-corrected chi connectivity index (χ2v) is 5.84. The zero-order valence-electron chi connectivity index (χ0n) is 12.7. The van der Waals surface area contributed by atoms with Crippen molar-refractivity contribution in [3.63, 3.8) is 0 Å². The number of nitrogens with two attached hydrogens (primary N) is 1. The molecule has 21 heavy (non-hydrogen) atoms. The Kier molecular flexibility index (Phi) is 4.73. The molecule has 0 radical (unpaired) electrons. The molecule has 5 heteroatoms. The number of benzene rings is 1. The van der Waals surface area contributed by atoms with Gasteiger partial charge in [-0.1, -0.05) is 19.8 Å². The van der Waals surface area contributed by atoms with Crippen LogP contribution in [-0.2, 0) is 0 Å². The molecule has 1 aromatic rings. The fourth-order valence-corrected chi connectivity index (χ4v) is 3.08. The van der Waals surface area contributed by atoms with Crippen LogP contribution in [0.5, 0.6) is 11.5 Å². The molecule has 1 aliphatic carbocycles. The summed E-state index contributed by atoms with van der Waals surface area (Å²) >= 11 is 0. The number of rotatable bonds is 4. The molecule has 2 rings (SSSR count). The van der Waals surface area contributed by atoms with Crippen LogP contribution in [0.25, 0.3) is 0 Å². The van der Waals surface area contributed by atoms with Crippen LogP contribution in [0.1, 0.15) is 43.0 Å². The Morgan fingerprint density at radius 3 is 2.86 bits per heavy atom. The van der Waals surface area contributed by atoms with E-state index in [-0.39, 0.29) is 22.8 Å². The van der Waals surface area contributed by atoms with Crippen LogP contribution < -0.4 is 15.8 Å². The predicted molar refractivity (Wildman–Crippen MR) is 81.5 cm³/mol. The molecular formula is C16H24N2O3. The van der Waals surface area contributed by atoms with Crippen LogP contribution in [-0.4, -0.2) is 30.2 Å². The SMILES string of the molecule is COc1ccc(C(=O)NC2(CN)CCCCC2C)c(O)c1. The Hall–Kier alpha value is -1.75. The summed E-state index contributed by atoms with van der Waals surface area (Å²) in [5.74, 6) is 0.487. The molecule has 5 nitrogen and oxygen atoms in total. The minimum atomic E-state index is -0.373. The smallest absolute Gasteiger partial charge is 0.255 e. The zero-order chi connectivity index (χ0) is 15.5. The first-order valence-corrected chi connectivity index (χ1v) is 7.42. The molecule has 0 aliphatic heterocycles. The van der Waals surface area contributed by atoms with Crippen molar-refractivity contribution in [3.8, 4) is 11.5 Å². The maximum atomic E-state index is 12.5. The lowest BCUT2D eigenvalue weighted by Gasteiger charge is -2.42. The number of phenolic OH excluding ortho intramolecular Hbond substituents is 1. The van der Waals surface area contributed by atoms with E-state index in [1.54, 1.807) is 12.1 Å². The van der Waals surface area contributed by atoms with Crippen LogP contribution in [0.3, 0.4) is 0 Å². The van der Waals surface area contributed by atoms with Crippen molar-refractivity contribution in [1.82, 2.24) is 5.32 Å². The Morgan fingerprint density at radius 2 is 2.29 bits per heavy atom. The number of carbonyl (C=O) groups is 1. The summed E-state index contributed by atoms with van der Waals surface area (Å²) < 4.78 is 5.03. The number of hydrogen-bond donors (Lipinski definition) is 3. The average Bonchev–Trinajstić information content (AvgIpc) is 2.49. The summed E-state index contributed by atoms with van der Waals surface area (Å²) in [5, 5.41) is 13.0. The number of phenols is 1. The summed E-state index contributed by atoms with van der Waals surface area (Å²) in [5.41, 5.74) is 5.82. The third-order valence-electron chi connectivity index (χ3n) is 4.63. The molecule has 1 amide bonds. The van der Waals surface area contributed by atoms with E-state index < -0.39 is 0 Å². The van der Waals surface area contributed by atoms with Crippen molar-refractivity contribution >= 4 is 5.91 Å². The van der Waals surface area contributed by atoms with Gasteiger partial charge in [0.2, 0.25) is 0 Å². The van der Waals surface area contributed by atoms with Gasteiger partial charge >= 0.3 is 0 Å². The van der Waals surface area contributed by atoms with Crippen LogP contribution >= 0.6 is 0 Å². The number of amides is 1. The second-order valence-electron chi connectivity index (χ2n) is 5.84. The number of ether oxygens (including phenoxy) is 1. The lowest BCUT2D eigenvalue weighted by atomic mass is 9.73. The van der Waals surface area contributed by atoms with Gasteiger partial charge in [-0.05, 0) is 30.9 Å². The van der Waals surface area contributed by atoms with E-state index in [9.17, 15) is 9.90 Å². The highest BCUT2D eigenvalue weighted by atomic mass is 16.5. The number of nitrogens with one attached hydrogen (secondary N) is 1. The first-order valence-electron chi connectivity index (χ1n) is 7.42. The minimum Gasteiger partial charge on any atom is -0.507 e. The molecule has 0 bridgehead atoms. The van der Waals surface area contributed by atoms with Crippen molar-refractivity contribution in [2.24, 2.45) is 11.7 Å². The lowest BCUT2D eigenvalue weighted by Crippen LogP contribution is -2.59. The van der Waals surface area contributed by atoms with E-state index in [2.05, 4.69) is 12.2 Å². The summed E-state index contributed by atoms with van der Waals surface area (Å²) in [6.45, 7) is 2.54. The van der Waals surface area contributed by atoms with Gasteiger partial charge in [0.1, 0.15) is 11.5 Å². The van der Waals surface area contributed by atoms with Crippen LogP contribution in [0.2, 0.25) is 0 Å². The van der Waals surface area contributed by atoms with E-state index in [1.807, 2.05) is 0 Å². The maximum Gasteiger partial charge on any atom is 0.255 e. The van der Waals surface area contributed by atoms with Crippen molar-refractivity contribution < 1.29 is 14.6 Å². The van der Waals surface area contributed by atoms with Crippen LogP contribution in [0.4, 0.5) is 0 Å². The molecule has 0 saturated heterocycles. The predicted octanol–water partition coefficient (Wildman–Crippen LogP) is 2.04. The first kappa shape index (κ1) is 15.6. The lowest BCUT2D eigenvalue weighted by molar-refractivity contribution is 0.0810. The first-order chi connectivity index (χ1) is 10.0. The summed E-state index contributed by atoms with van der Waals surface area (Å²) in [7, 11) is 1.52. The molecule has 2 unspecified atom stereocenters. The maximum absolute atomic E-state index is 12.5. The average molecular weight is 292 g/mol. The van der Waals surface area contributed by atoms with Crippen molar-refractivity contribution in [2.75, 3.05) is 13.7 Å². The topological polar surface area (TPSA) is 84.6 Å². The fraction of sp³-hybridized carbons (Fsp3) is 0.562. The number of carbonyl (C=O) groups excluding carboxylic acids is 1. The molecular weight excluding hydrogens is 268 g/mol. The van der Waals surface area contributed by atoms with Crippen LogP contribution in [0.15, 0.2) is 18.2 Å². The molecule has 2 atom stereocenters. The highest BCUT2D eigenvalue weighted by Gasteiger charge is 2.38.